The first-order valence-corrected chi connectivity index (χ1v) is 10.5. The lowest BCUT2D eigenvalue weighted by molar-refractivity contribution is -0.138. The van der Waals surface area contributed by atoms with Crippen LogP contribution in [0.15, 0.2) is 42.5 Å². The molecular formula is C23H25F3N2O6. The minimum absolute atomic E-state index is 0.0494. The summed E-state index contributed by atoms with van der Waals surface area (Å²) in [4.78, 5) is 24.0. The van der Waals surface area contributed by atoms with Gasteiger partial charge in [0.25, 0.3) is 0 Å². The van der Waals surface area contributed by atoms with Gasteiger partial charge < -0.3 is 30.3 Å². The molecule has 1 aliphatic rings. The normalized spacial score (nSPS) is 20.3. The van der Waals surface area contributed by atoms with E-state index in [1.165, 1.54) is 31.4 Å². The molecule has 0 radical (unpaired) electrons. The largest absolute Gasteiger partial charge is 0.497 e. The van der Waals surface area contributed by atoms with Crippen molar-refractivity contribution in [2.24, 2.45) is 0 Å². The highest BCUT2D eigenvalue weighted by atomic mass is 19.4. The fourth-order valence-electron chi connectivity index (χ4n) is 3.81. The van der Waals surface area contributed by atoms with Crippen molar-refractivity contribution in [2.45, 2.75) is 50.0 Å². The molecule has 0 saturated heterocycles. The third-order valence-corrected chi connectivity index (χ3v) is 5.69. The summed E-state index contributed by atoms with van der Waals surface area (Å²) < 4.78 is 50.4. The number of hydrogen-bond acceptors (Lipinski definition) is 5. The fraction of sp³-hybridized carbons (Fsp3) is 0.391. The summed E-state index contributed by atoms with van der Waals surface area (Å²) in [5, 5.41) is 23.8. The molecule has 0 aromatic heterocycles. The molecule has 2 aromatic carbocycles. The van der Waals surface area contributed by atoms with Crippen LogP contribution in [0.3, 0.4) is 0 Å². The predicted octanol–water partition coefficient (Wildman–Crippen LogP) is 4.06. The molecule has 0 bridgehead atoms. The predicted molar refractivity (Wildman–Crippen MR) is 115 cm³/mol. The number of aliphatic hydroxyl groups excluding tert-OH is 1. The Morgan fingerprint density at radius 2 is 1.71 bits per heavy atom. The molecule has 1 saturated carbocycles. The lowest BCUT2D eigenvalue weighted by atomic mass is 9.79. The summed E-state index contributed by atoms with van der Waals surface area (Å²) in [5.74, 6) is -0.671. The molecule has 11 heteroatoms. The van der Waals surface area contributed by atoms with E-state index in [1.807, 2.05) is 0 Å². The smallest absolute Gasteiger partial charge is 0.420 e. The minimum Gasteiger partial charge on any atom is -0.497 e. The van der Waals surface area contributed by atoms with Crippen molar-refractivity contribution in [3.8, 4) is 17.2 Å². The Bertz CT molecular complexity index is 1020. The minimum atomic E-state index is -4.64. The maximum absolute atomic E-state index is 13.4. The Balaban J connectivity index is 1.66. The molecule has 2 amide bonds. The van der Waals surface area contributed by atoms with Crippen LogP contribution in [0, 0.1) is 0 Å². The molecule has 0 spiro atoms. The van der Waals surface area contributed by atoms with Gasteiger partial charge in [-0.2, -0.15) is 13.2 Å². The third-order valence-electron chi connectivity index (χ3n) is 5.69. The van der Waals surface area contributed by atoms with Crippen molar-refractivity contribution in [3.05, 3.63) is 53.6 Å². The number of carboxylic acid groups (broad SMARTS) is 1. The van der Waals surface area contributed by atoms with Crippen LogP contribution >= 0.6 is 0 Å². The Morgan fingerprint density at radius 1 is 1.09 bits per heavy atom. The van der Waals surface area contributed by atoms with Crippen LogP contribution in [0.4, 0.5) is 18.0 Å². The molecule has 184 valence electrons. The first kappa shape index (κ1) is 25.2. The second-order valence-corrected chi connectivity index (χ2v) is 8.03. The summed E-state index contributed by atoms with van der Waals surface area (Å²) in [6.07, 6.45) is -5.61. The second kappa shape index (κ2) is 10.2. The lowest BCUT2D eigenvalue weighted by Crippen LogP contribution is -2.60. The fourth-order valence-corrected chi connectivity index (χ4v) is 3.81. The van der Waals surface area contributed by atoms with Crippen LogP contribution in [0.2, 0.25) is 0 Å². The van der Waals surface area contributed by atoms with E-state index in [0.717, 1.165) is 6.07 Å². The number of alkyl halides is 3. The molecule has 8 nitrogen and oxygen atoms in total. The maximum atomic E-state index is 13.4. The average molecular weight is 482 g/mol. The average Bonchev–Trinajstić information content (AvgIpc) is 2.79. The zero-order valence-electron chi connectivity index (χ0n) is 18.3. The van der Waals surface area contributed by atoms with E-state index in [2.05, 4.69) is 10.6 Å². The molecule has 34 heavy (non-hydrogen) atoms. The lowest BCUT2D eigenvalue weighted by Gasteiger charge is -2.37. The number of amides is 2. The summed E-state index contributed by atoms with van der Waals surface area (Å²) in [6, 6.07) is 9.47. The van der Waals surface area contributed by atoms with Crippen LogP contribution in [0.1, 0.15) is 36.8 Å². The quantitative estimate of drug-likeness (QED) is 0.473. The van der Waals surface area contributed by atoms with Crippen molar-refractivity contribution < 1.29 is 42.4 Å². The Hall–Kier alpha value is -3.47. The number of hydrogen-bond donors (Lipinski definition) is 4. The summed E-state index contributed by atoms with van der Waals surface area (Å²) >= 11 is 0. The number of rotatable bonds is 7. The second-order valence-electron chi connectivity index (χ2n) is 8.03. The van der Waals surface area contributed by atoms with Crippen LogP contribution in [0.25, 0.3) is 0 Å². The standard InChI is InChI=1S/C23H25F3N2O6/c1-33-17-6-7-19(18(12-17)23(24,25)26)34-16-4-2-14(3-5-16)13-27-20(30)22(28-21(31)32)10-8-15(29)9-11-22/h2-7,12,15,28-29H,8-11,13H2,1H3,(H,27,30)(H,31,32). The number of carbonyl (C=O) groups excluding carboxylic acids is 1. The van der Waals surface area contributed by atoms with Crippen LogP contribution in [-0.4, -0.2) is 41.0 Å². The highest BCUT2D eigenvalue weighted by Crippen LogP contribution is 2.40. The van der Waals surface area contributed by atoms with E-state index in [9.17, 15) is 27.9 Å². The number of nitrogens with one attached hydrogen (secondary N) is 2. The molecular weight excluding hydrogens is 457 g/mol. The van der Waals surface area contributed by atoms with Gasteiger partial charge in [-0.3, -0.25) is 4.79 Å². The van der Waals surface area contributed by atoms with E-state index < -0.39 is 35.4 Å². The zero-order chi connectivity index (χ0) is 24.9. The first-order valence-electron chi connectivity index (χ1n) is 10.5. The van der Waals surface area contributed by atoms with E-state index in [1.54, 1.807) is 12.1 Å². The number of ether oxygens (including phenoxy) is 2. The van der Waals surface area contributed by atoms with Crippen LogP contribution in [0.5, 0.6) is 17.2 Å². The highest BCUT2D eigenvalue weighted by Gasteiger charge is 2.42. The molecule has 1 fully saturated rings. The van der Waals surface area contributed by atoms with Crippen molar-refractivity contribution in [1.82, 2.24) is 10.6 Å². The van der Waals surface area contributed by atoms with Gasteiger partial charge in [-0.05, 0) is 61.6 Å². The molecule has 0 unspecified atom stereocenters. The zero-order valence-corrected chi connectivity index (χ0v) is 18.3. The third kappa shape index (κ3) is 6.10. The van der Waals surface area contributed by atoms with E-state index in [0.29, 0.717) is 18.4 Å². The SMILES string of the molecule is COc1ccc(Oc2ccc(CNC(=O)C3(NC(=O)O)CCC(O)CC3)cc2)c(C(F)(F)F)c1. The molecule has 3 rings (SSSR count). The van der Waals surface area contributed by atoms with Crippen LogP contribution in [-0.2, 0) is 17.5 Å². The Kier molecular flexibility index (Phi) is 7.55. The van der Waals surface area contributed by atoms with Gasteiger partial charge in [-0.15, -0.1) is 0 Å². The number of halogens is 3. The summed E-state index contributed by atoms with van der Waals surface area (Å²) in [7, 11) is 1.27. The topological polar surface area (TPSA) is 117 Å². The van der Waals surface area contributed by atoms with Gasteiger partial charge in [0.05, 0.1) is 13.2 Å². The van der Waals surface area contributed by atoms with Gasteiger partial charge in [0.1, 0.15) is 28.4 Å². The van der Waals surface area contributed by atoms with E-state index in [4.69, 9.17) is 14.6 Å². The number of methoxy groups -OCH3 is 1. The van der Waals surface area contributed by atoms with Crippen molar-refractivity contribution in [2.75, 3.05) is 7.11 Å². The molecule has 0 heterocycles. The van der Waals surface area contributed by atoms with Gasteiger partial charge in [0.15, 0.2) is 0 Å². The summed E-state index contributed by atoms with van der Waals surface area (Å²) in [6.45, 7) is 0.0705. The molecule has 1 aliphatic carbocycles. The van der Waals surface area contributed by atoms with E-state index in [-0.39, 0.29) is 36.6 Å². The van der Waals surface area contributed by atoms with Crippen molar-refractivity contribution in [1.29, 1.82) is 0 Å². The Labute approximate surface area is 193 Å². The molecule has 0 aliphatic heterocycles. The van der Waals surface area contributed by atoms with E-state index >= 15 is 0 Å². The first-order chi connectivity index (χ1) is 16.0. The van der Waals surface area contributed by atoms with Gasteiger partial charge in [-0.1, -0.05) is 12.1 Å². The number of carbonyl (C=O) groups is 2. The highest BCUT2D eigenvalue weighted by molar-refractivity contribution is 5.89. The van der Waals surface area contributed by atoms with Crippen molar-refractivity contribution in [3.63, 3.8) is 0 Å². The maximum Gasteiger partial charge on any atom is 0.420 e. The van der Waals surface area contributed by atoms with Gasteiger partial charge in [-0.25, -0.2) is 4.79 Å². The van der Waals surface area contributed by atoms with Crippen LogP contribution < -0.4 is 20.1 Å². The van der Waals surface area contributed by atoms with Gasteiger partial charge in [0, 0.05) is 6.54 Å². The molecule has 2 aromatic rings. The summed E-state index contributed by atoms with van der Waals surface area (Å²) in [5.41, 5.74) is -1.67. The molecule has 0 atom stereocenters. The number of benzene rings is 2. The number of aliphatic hydroxyl groups is 1. The van der Waals surface area contributed by atoms with Crippen molar-refractivity contribution >= 4 is 12.0 Å². The van der Waals surface area contributed by atoms with Gasteiger partial charge >= 0.3 is 12.3 Å². The monoisotopic (exact) mass is 482 g/mol. The van der Waals surface area contributed by atoms with Gasteiger partial charge in [0.2, 0.25) is 5.91 Å². The molecule has 4 N–H and O–H groups in total. The Morgan fingerprint density at radius 3 is 2.26 bits per heavy atom.